The van der Waals surface area contributed by atoms with Crippen molar-refractivity contribution < 1.29 is 14.3 Å². The predicted molar refractivity (Wildman–Crippen MR) is 87.8 cm³/mol. The molecule has 0 saturated heterocycles. The summed E-state index contributed by atoms with van der Waals surface area (Å²) in [6.07, 6.45) is 1.58. The van der Waals surface area contributed by atoms with E-state index < -0.39 is 0 Å². The van der Waals surface area contributed by atoms with Crippen molar-refractivity contribution in [2.24, 2.45) is 0 Å². The highest BCUT2D eigenvalue weighted by molar-refractivity contribution is 7.98. The third kappa shape index (κ3) is 6.87. The van der Waals surface area contributed by atoms with E-state index in [0.29, 0.717) is 6.42 Å². The maximum atomic E-state index is 11.1. The molecule has 0 amide bonds. The van der Waals surface area contributed by atoms with Crippen LogP contribution in [0.5, 0.6) is 5.75 Å². The van der Waals surface area contributed by atoms with Gasteiger partial charge in [0.1, 0.15) is 5.75 Å². The Morgan fingerprint density at radius 2 is 2.14 bits per heavy atom. The highest BCUT2D eigenvalue weighted by atomic mass is 32.2. The zero-order valence-electron chi connectivity index (χ0n) is 13.1. The zero-order chi connectivity index (χ0) is 15.5. The summed E-state index contributed by atoms with van der Waals surface area (Å²) in [7, 11) is 3.11. The molecule has 1 rings (SSSR count). The van der Waals surface area contributed by atoms with Gasteiger partial charge in [0.2, 0.25) is 0 Å². The van der Waals surface area contributed by atoms with E-state index in [1.54, 1.807) is 18.9 Å². The second-order valence-electron chi connectivity index (χ2n) is 4.70. The standard InChI is InChI=1S/C16H25NO3S/c1-4-8-17-11-13-5-6-15(19-2)14(10-13)12-21-9-7-16(18)20-3/h5-6,10,17H,4,7-9,11-12H2,1-3H3. The third-order valence-electron chi connectivity index (χ3n) is 3.04. The number of esters is 1. The first kappa shape index (κ1) is 17.9. The van der Waals surface area contributed by atoms with E-state index in [0.717, 1.165) is 36.8 Å². The average Bonchev–Trinajstić information content (AvgIpc) is 2.51. The first-order valence-electron chi connectivity index (χ1n) is 7.22. The molecule has 4 nitrogen and oxygen atoms in total. The van der Waals surface area contributed by atoms with Gasteiger partial charge in [0.25, 0.3) is 0 Å². The highest BCUT2D eigenvalue weighted by Crippen LogP contribution is 2.25. The van der Waals surface area contributed by atoms with Gasteiger partial charge in [-0.15, -0.1) is 0 Å². The van der Waals surface area contributed by atoms with Crippen LogP contribution in [-0.4, -0.2) is 32.5 Å². The second kappa shape index (κ2) is 10.5. The molecule has 1 aromatic rings. The van der Waals surface area contributed by atoms with Crippen LogP contribution in [0.25, 0.3) is 0 Å². The molecular weight excluding hydrogens is 286 g/mol. The number of methoxy groups -OCH3 is 2. The van der Waals surface area contributed by atoms with Crippen LogP contribution in [-0.2, 0) is 21.8 Å². The van der Waals surface area contributed by atoms with Crippen molar-refractivity contribution in [1.82, 2.24) is 5.32 Å². The van der Waals surface area contributed by atoms with Gasteiger partial charge in [-0.25, -0.2) is 0 Å². The van der Waals surface area contributed by atoms with E-state index in [1.807, 2.05) is 6.07 Å². The SMILES string of the molecule is CCCNCc1ccc(OC)c(CSCCC(=O)OC)c1. The minimum Gasteiger partial charge on any atom is -0.496 e. The van der Waals surface area contributed by atoms with Crippen LogP contribution < -0.4 is 10.1 Å². The van der Waals surface area contributed by atoms with Crippen molar-refractivity contribution in [2.75, 3.05) is 26.5 Å². The maximum Gasteiger partial charge on any atom is 0.306 e. The van der Waals surface area contributed by atoms with Crippen molar-refractivity contribution in [3.05, 3.63) is 29.3 Å². The maximum absolute atomic E-state index is 11.1. The Morgan fingerprint density at radius 3 is 2.81 bits per heavy atom. The van der Waals surface area contributed by atoms with E-state index in [1.165, 1.54) is 18.2 Å². The minimum absolute atomic E-state index is 0.160. The largest absolute Gasteiger partial charge is 0.496 e. The van der Waals surface area contributed by atoms with Crippen LogP contribution in [0.15, 0.2) is 18.2 Å². The van der Waals surface area contributed by atoms with Gasteiger partial charge >= 0.3 is 5.97 Å². The molecule has 0 fully saturated rings. The van der Waals surface area contributed by atoms with Gasteiger partial charge in [-0.3, -0.25) is 4.79 Å². The predicted octanol–water partition coefficient (Wildman–Crippen LogP) is 2.99. The van der Waals surface area contributed by atoms with Gasteiger partial charge in [0.05, 0.1) is 20.6 Å². The summed E-state index contributed by atoms with van der Waals surface area (Å²) < 4.78 is 10.0. The van der Waals surface area contributed by atoms with Gasteiger partial charge in [-0.05, 0) is 30.7 Å². The lowest BCUT2D eigenvalue weighted by atomic mass is 10.1. The van der Waals surface area contributed by atoms with Crippen molar-refractivity contribution in [2.45, 2.75) is 32.1 Å². The second-order valence-corrected chi connectivity index (χ2v) is 5.81. The number of thioether (sulfide) groups is 1. The van der Waals surface area contributed by atoms with Crippen LogP contribution in [0.2, 0.25) is 0 Å². The molecule has 118 valence electrons. The zero-order valence-corrected chi connectivity index (χ0v) is 13.9. The molecule has 5 heteroatoms. The fourth-order valence-electron chi connectivity index (χ4n) is 1.90. The molecule has 0 atom stereocenters. The summed E-state index contributed by atoms with van der Waals surface area (Å²) in [5, 5.41) is 3.40. The molecule has 0 spiro atoms. The van der Waals surface area contributed by atoms with E-state index in [2.05, 4.69) is 29.1 Å². The van der Waals surface area contributed by atoms with Gasteiger partial charge in [0.15, 0.2) is 0 Å². The molecule has 0 aliphatic carbocycles. The molecule has 21 heavy (non-hydrogen) atoms. The van der Waals surface area contributed by atoms with E-state index in [4.69, 9.17) is 4.74 Å². The summed E-state index contributed by atoms with van der Waals surface area (Å²) in [5.41, 5.74) is 2.43. The van der Waals surface area contributed by atoms with Crippen LogP contribution in [0.1, 0.15) is 30.9 Å². The Hall–Kier alpha value is -1.20. The third-order valence-corrected chi connectivity index (χ3v) is 4.04. The summed E-state index contributed by atoms with van der Waals surface area (Å²) in [4.78, 5) is 11.1. The molecule has 0 unspecified atom stereocenters. The molecule has 0 heterocycles. The molecule has 0 radical (unpaired) electrons. The molecule has 0 aromatic heterocycles. The first-order chi connectivity index (χ1) is 10.2. The molecule has 0 aliphatic heterocycles. The van der Waals surface area contributed by atoms with E-state index in [-0.39, 0.29) is 5.97 Å². The Kier molecular flexibility index (Phi) is 8.94. The van der Waals surface area contributed by atoms with Crippen LogP contribution in [0, 0.1) is 0 Å². The molecule has 0 bridgehead atoms. The highest BCUT2D eigenvalue weighted by Gasteiger charge is 2.06. The van der Waals surface area contributed by atoms with Gasteiger partial charge < -0.3 is 14.8 Å². The summed E-state index contributed by atoms with van der Waals surface area (Å²) in [6.45, 7) is 4.05. The van der Waals surface area contributed by atoms with Gasteiger partial charge in [-0.2, -0.15) is 11.8 Å². The number of carbonyl (C=O) groups excluding carboxylic acids is 1. The number of benzene rings is 1. The molecule has 0 aliphatic rings. The quantitative estimate of drug-likeness (QED) is 0.532. The molecule has 1 N–H and O–H groups in total. The van der Waals surface area contributed by atoms with Crippen LogP contribution in [0.3, 0.4) is 0 Å². The normalized spacial score (nSPS) is 10.4. The lowest BCUT2D eigenvalue weighted by molar-refractivity contribution is -0.140. The minimum atomic E-state index is -0.160. The molecule has 1 aromatic carbocycles. The Balaban J connectivity index is 2.52. The number of nitrogens with one attached hydrogen (secondary N) is 1. The average molecular weight is 311 g/mol. The summed E-state index contributed by atoms with van der Waals surface area (Å²) in [6, 6.07) is 6.27. The Labute approximate surface area is 131 Å². The Morgan fingerprint density at radius 1 is 1.33 bits per heavy atom. The summed E-state index contributed by atoms with van der Waals surface area (Å²) in [5.74, 6) is 2.34. The van der Waals surface area contributed by atoms with Crippen molar-refractivity contribution >= 4 is 17.7 Å². The number of rotatable bonds is 10. The topological polar surface area (TPSA) is 47.6 Å². The van der Waals surface area contributed by atoms with Crippen molar-refractivity contribution in [3.63, 3.8) is 0 Å². The monoisotopic (exact) mass is 311 g/mol. The smallest absolute Gasteiger partial charge is 0.306 e. The number of ether oxygens (including phenoxy) is 2. The lowest BCUT2D eigenvalue weighted by Crippen LogP contribution is -2.13. The van der Waals surface area contributed by atoms with E-state index in [9.17, 15) is 4.79 Å². The summed E-state index contributed by atoms with van der Waals surface area (Å²) >= 11 is 1.72. The van der Waals surface area contributed by atoms with Crippen LogP contribution >= 0.6 is 11.8 Å². The number of hydrogen-bond donors (Lipinski definition) is 1. The number of carbonyl (C=O) groups is 1. The van der Waals surface area contributed by atoms with Crippen LogP contribution in [0.4, 0.5) is 0 Å². The van der Waals surface area contributed by atoms with Crippen molar-refractivity contribution in [3.8, 4) is 5.75 Å². The van der Waals surface area contributed by atoms with Gasteiger partial charge in [0, 0.05) is 23.6 Å². The molecular formula is C16H25NO3S. The first-order valence-corrected chi connectivity index (χ1v) is 8.37. The Bertz CT molecular complexity index is 438. The fraction of sp³-hybridized carbons (Fsp3) is 0.562. The molecule has 0 saturated carbocycles. The lowest BCUT2D eigenvalue weighted by Gasteiger charge is -2.11. The number of hydrogen-bond acceptors (Lipinski definition) is 5. The van der Waals surface area contributed by atoms with Gasteiger partial charge in [-0.1, -0.05) is 13.0 Å². The fourth-order valence-corrected chi connectivity index (χ4v) is 2.80. The van der Waals surface area contributed by atoms with E-state index >= 15 is 0 Å². The van der Waals surface area contributed by atoms with Crippen molar-refractivity contribution in [1.29, 1.82) is 0 Å².